The molecule has 0 aliphatic carbocycles. The van der Waals surface area contributed by atoms with Crippen molar-refractivity contribution in [2.75, 3.05) is 0 Å². The summed E-state index contributed by atoms with van der Waals surface area (Å²) in [4.78, 5) is 13.1. The first kappa shape index (κ1) is 25.0. The van der Waals surface area contributed by atoms with E-state index < -0.39 is 0 Å². The summed E-state index contributed by atoms with van der Waals surface area (Å²) in [5.74, 6) is 0.879. The number of hydrogen-bond donors (Lipinski definition) is 0. The van der Waals surface area contributed by atoms with Gasteiger partial charge in [-0.1, -0.05) is 45.9 Å². The SMILES string of the molecule is CCC(C)Oc1ccc(PC(=O)c2c(C)cc(C(C)(C)C)cc2C)c(C)c1.[H-].[Li+]. The molecule has 0 saturated carbocycles. The Labute approximate surface area is 186 Å². The molecule has 0 aliphatic heterocycles. The summed E-state index contributed by atoms with van der Waals surface area (Å²) >= 11 is 0. The van der Waals surface area contributed by atoms with Crippen LogP contribution in [0.3, 0.4) is 0 Å². The van der Waals surface area contributed by atoms with Crippen LogP contribution in [0.25, 0.3) is 0 Å². The summed E-state index contributed by atoms with van der Waals surface area (Å²) in [7, 11) is 0.129. The fourth-order valence-electron chi connectivity index (χ4n) is 3.10. The van der Waals surface area contributed by atoms with Gasteiger partial charge >= 0.3 is 18.9 Å². The van der Waals surface area contributed by atoms with Crippen molar-refractivity contribution in [3.05, 3.63) is 58.1 Å². The topological polar surface area (TPSA) is 26.3 Å². The first-order valence-corrected chi connectivity index (χ1v) is 10.7. The van der Waals surface area contributed by atoms with Crippen molar-refractivity contribution < 1.29 is 29.8 Å². The van der Waals surface area contributed by atoms with E-state index in [4.69, 9.17) is 4.74 Å². The van der Waals surface area contributed by atoms with E-state index in [1.165, 1.54) is 5.56 Å². The smallest absolute Gasteiger partial charge is 1.00 e. The quantitative estimate of drug-likeness (QED) is 0.557. The van der Waals surface area contributed by atoms with Gasteiger partial charge in [-0.15, -0.1) is 0 Å². The van der Waals surface area contributed by atoms with Gasteiger partial charge in [0.1, 0.15) is 5.75 Å². The molecule has 0 aromatic heterocycles. The maximum atomic E-state index is 13.1. The zero-order chi connectivity index (χ0) is 20.4. The number of hydrogen-bond acceptors (Lipinski definition) is 2. The second-order valence-corrected chi connectivity index (χ2v) is 9.75. The number of carbonyl (C=O) groups is 1. The van der Waals surface area contributed by atoms with E-state index in [2.05, 4.69) is 67.5 Å². The fraction of sp³-hybridized carbons (Fsp3) is 0.458. The summed E-state index contributed by atoms with van der Waals surface area (Å²) in [5.41, 5.74) is 5.72. The van der Waals surface area contributed by atoms with Crippen molar-refractivity contribution in [3.8, 4) is 5.75 Å². The first-order valence-electron chi connectivity index (χ1n) is 9.73. The van der Waals surface area contributed by atoms with Crippen LogP contribution in [0, 0.1) is 20.8 Å². The normalized spacial score (nSPS) is 12.7. The molecule has 0 fully saturated rings. The minimum absolute atomic E-state index is 0. The molecule has 0 radical (unpaired) electrons. The number of rotatable bonds is 6. The van der Waals surface area contributed by atoms with Crippen LogP contribution in [0.5, 0.6) is 5.75 Å². The summed E-state index contributed by atoms with van der Waals surface area (Å²) in [6.45, 7) is 17.0. The molecule has 0 heterocycles. The van der Waals surface area contributed by atoms with Gasteiger partial charge in [0.15, 0.2) is 5.52 Å². The van der Waals surface area contributed by atoms with E-state index in [1.807, 2.05) is 18.2 Å². The van der Waals surface area contributed by atoms with E-state index in [9.17, 15) is 4.79 Å². The molecule has 0 bridgehead atoms. The van der Waals surface area contributed by atoms with Crippen molar-refractivity contribution in [2.45, 2.75) is 73.3 Å². The van der Waals surface area contributed by atoms with Crippen LogP contribution in [0.4, 0.5) is 0 Å². The molecule has 0 saturated heterocycles. The molecule has 2 unspecified atom stereocenters. The van der Waals surface area contributed by atoms with Crippen LogP contribution in [0.2, 0.25) is 0 Å². The summed E-state index contributed by atoms with van der Waals surface area (Å²) in [6.07, 6.45) is 1.18. The predicted molar refractivity (Wildman–Crippen MR) is 120 cm³/mol. The van der Waals surface area contributed by atoms with Gasteiger partial charge in [-0.25, -0.2) is 0 Å². The predicted octanol–water partition coefficient (Wildman–Crippen LogP) is 3.35. The average Bonchev–Trinajstić information content (AvgIpc) is 2.55. The maximum absolute atomic E-state index is 13.1. The van der Waals surface area contributed by atoms with Crippen LogP contribution in [-0.2, 0) is 5.41 Å². The van der Waals surface area contributed by atoms with Gasteiger partial charge in [0, 0.05) is 5.56 Å². The Morgan fingerprint density at radius 1 is 1.07 bits per heavy atom. The number of ether oxygens (including phenoxy) is 1. The molecular weight excluding hydrogens is 358 g/mol. The van der Waals surface area contributed by atoms with Crippen LogP contribution < -0.4 is 28.9 Å². The minimum atomic E-state index is 0. The molecule has 0 amide bonds. The van der Waals surface area contributed by atoms with E-state index in [1.54, 1.807) is 0 Å². The van der Waals surface area contributed by atoms with Crippen molar-refractivity contribution in [2.24, 2.45) is 0 Å². The van der Waals surface area contributed by atoms with E-state index in [-0.39, 0.29) is 45.9 Å². The Kier molecular flexibility index (Phi) is 9.02. The van der Waals surface area contributed by atoms with Crippen LogP contribution in [0.1, 0.15) is 75.1 Å². The molecule has 2 nitrogen and oxygen atoms in total. The van der Waals surface area contributed by atoms with Gasteiger partial charge in [0.05, 0.1) is 6.10 Å². The second-order valence-electron chi connectivity index (χ2n) is 8.50. The zero-order valence-electron chi connectivity index (χ0n) is 20.0. The third-order valence-corrected chi connectivity index (χ3v) is 6.29. The maximum Gasteiger partial charge on any atom is 1.00 e. The molecule has 28 heavy (non-hydrogen) atoms. The number of benzene rings is 2. The van der Waals surface area contributed by atoms with E-state index in [0.717, 1.165) is 39.7 Å². The van der Waals surface area contributed by atoms with E-state index >= 15 is 0 Å². The molecule has 0 aliphatic rings. The fourth-order valence-corrected chi connectivity index (χ4v) is 4.30. The van der Waals surface area contributed by atoms with Gasteiger partial charge in [-0.3, -0.25) is 4.79 Å². The van der Waals surface area contributed by atoms with Crippen LogP contribution in [0.15, 0.2) is 30.3 Å². The Hall–Kier alpha value is -1.06. The largest absolute Gasteiger partial charge is 1.00 e. The van der Waals surface area contributed by atoms with Crippen molar-refractivity contribution in [1.82, 2.24) is 0 Å². The summed E-state index contributed by atoms with van der Waals surface area (Å²) < 4.78 is 5.89. The number of aryl methyl sites for hydroxylation is 3. The molecule has 2 aromatic carbocycles. The minimum Gasteiger partial charge on any atom is -1.00 e. The van der Waals surface area contributed by atoms with Gasteiger partial charge < -0.3 is 6.16 Å². The molecule has 2 rings (SSSR count). The monoisotopic (exact) mass is 392 g/mol. The van der Waals surface area contributed by atoms with Gasteiger partial charge in [0.25, 0.3) is 0 Å². The molecule has 148 valence electrons. The van der Waals surface area contributed by atoms with Gasteiger partial charge in [-0.2, -0.15) is 0 Å². The molecule has 0 spiro atoms. The molecular formula is C24H34LiO2P. The van der Waals surface area contributed by atoms with Crippen LogP contribution in [-0.4, -0.2) is 11.6 Å². The summed E-state index contributed by atoms with van der Waals surface area (Å²) in [5, 5.41) is 1.09. The average molecular weight is 392 g/mol. The third kappa shape index (κ3) is 6.22. The standard InChI is InChI=1S/C24H33O2P.Li.H/c1-9-18(5)26-20-10-11-21(15(2)14-20)27-23(25)22-16(3)12-19(13-17(22)4)24(6,7)8;;/h10-14,18,27H,9H2,1-8H3;;/q;+1;-1. The Morgan fingerprint density at radius 2 is 1.64 bits per heavy atom. The van der Waals surface area contributed by atoms with Crippen LogP contribution >= 0.6 is 8.58 Å². The first-order chi connectivity index (χ1) is 12.5. The van der Waals surface area contributed by atoms with Gasteiger partial charge in [-0.05, 0) is 87.8 Å². The Morgan fingerprint density at radius 3 is 2.11 bits per heavy atom. The zero-order valence-corrected chi connectivity index (χ0v) is 20.0. The molecule has 4 heteroatoms. The molecule has 2 atom stereocenters. The third-order valence-electron chi connectivity index (χ3n) is 4.98. The number of carbonyl (C=O) groups excluding carboxylic acids is 1. The summed E-state index contributed by atoms with van der Waals surface area (Å²) in [6, 6.07) is 10.4. The molecule has 0 N–H and O–H groups in total. The van der Waals surface area contributed by atoms with Crippen molar-refractivity contribution in [1.29, 1.82) is 0 Å². The second kappa shape index (κ2) is 10.1. The van der Waals surface area contributed by atoms with Crippen molar-refractivity contribution in [3.63, 3.8) is 0 Å². The van der Waals surface area contributed by atoms with Gasteiger partial charge in [0.2, 0.25) is 0 Å². The van der Waals surface area contributed by atoms with E-state index in [0.29, 0.717) is 0 Å². The Balaban J connectivity index is 0.00000392. The molecule has 2 aromatic rings. The Bertz CT molecular complexity index is 820. The van der Waals surface area contributed by atoms with Crippen molar-refractivity contribution >= 4 is 19.4 Å².